The van der Waals surface area contributed by atoms with E-state index in [0.717, 1.165) is 16.3 Å². The molecule has 2 aromatic heterocycles. The Balaban J connectivity index is 1.49. The SMILES string of the molecule is COc1ccc(CN(c2ccncn2)S(=O)(=O)c2cc(F)c(O[C@H]3C[C@H](O)C[C@@H]3c3ccnn3C)cc2F)c(OC)c1. The minimum Gasteiger partial charge on any atom is -0.497 e. The Morgan fingerprint density at radius 1 is 1.02 bits per heavy atom. The fourth-order valence-electron chi connectivity index (χ4n) is 5.10. The Kier molecular flexibility index (Phi) is 8.27. The molecule has 0 amide bonds. The Hall–Kier alpha value is -4.30. The van der Waals surface area contributed by atoms with Gasteiger partial charge in [-0.25, -0.2) is 31.5 Å². The average Bonchev–Trinajstić information content (AvgIpc) is 3.57. The third-order valence-electron chi connectivity index (χ3n) is 7.18. The van der Waals surface area contributed by atoms with Crippen LogP contribution < -0.4 is 18.5 Å². The highest BCUT2D eigenvalue weighted by molar-refractivity contribution is 7.92. The molecule has 14 heteroatoms. The minimum absolute atomic E-state index is 0.0676. The highest BCUT2D eigenvalue weighted by Gasteiger charge is 2.39. The number of nitrogens with zero attached hydrogens (tertiary/aromatic N) is 5. The van der Waals surface area contributed by atoms with Crippen molar-refractivity contribution in [3.63, 3.8) is 0 Å². The van der Waals surface area contributed by atoms with Crippen LogP contribution in [0.15, 0.2) is 66.1 Å². The summed E-state index contributed by atoms with van der Waals surface area (Å²) in [7, 11) is -0.0873. The van der Waals surface area contributed by atoms with Gasteiger partial charge in [-0.2, -0.15) is 5.10 Å². The van der Waals surface area contributed by atoms with Crippen molar-refractivity contribution in [1.82, 2.24) is 19.7 Å². The second-order valence-corrected chi connectivity index (χ2v) is 11.6. The molecule has 222 valence electrons. The number of aliphatic hydroxyl groups excluding tert-OH is 1. The zero-order valence-corrected chi connectivity index (χ0v) is 23.8. The molecule has 1 N–H and O–H groups in total. The van der Waals surface area contributed by atoms with Gasteiger partial charge in [-0.05, 0) is 24.6 Å². The van der Waals surface area contributed by atoms with E-state index in [4.69, 9.17) is 14.2 Å². The summed E-state index contributed by atoms with van der Waals surface area (Å²) >= 11 is 0. The first-order chi connectivity index (χ1) is 20.1. The molecule has 1 aliphatic rings. The molecule has 0 radical (unpaired) electrons. The van der Waals surface area contributed by atoms with E-state index >= 15 is 8.78 Å². The zero-order valence-electron chi connectivity index (χ0n) is 23.0. The topological polar surface area (TPSA) is 129 Å². The van der Waals surface area contributed by atoms with Gasteiger partial charge in [0.1, 0.15) is 40.5 Å². The number of rotatable bonds is 10. The van der Waals surface area contributed by atoms with Crippen LogP contribution in [0.2, 0.25) is 0 Å². The van der Waals surface area contributed by atoms with Gasteiger partial charge in [0.05, 0.1) is 26.9 Å². The van der Waals surface area contributed by atoms with Crippen molar-refractivity contribution in [2.24, 2.45) is 7.05 Å². The van der Waals surface area contributed by atoms with E-state index in [1.54, 1.807) is 42.2 Å². The fraction of sp³-hybridized carbons (Fsp3) is 0.321. The van der Waals surface area contributed by atoms with E-state index in [1.807, 2.05) is 0 Å². The van der Waals surface area contributed by atoms with Crippen LogP contribution in [0, 0.1) is 11.6 Å². The monoisotopic (exact) mass is 601 g/mol. The van der Waals surface area contributed by atoms with Crippen LogP contribution in [0.1, 0.15) is 30.0 Å². The molecule has 1 aliphatic carbocycles. The zero-order chi connectivity index (χ0) is 30.0. The van der Waals surface area contributed by atoms with Crippen LogP contribution >= 0.6 is 0 Å². The molecular formula is C28H29F2N5O6S. The number of halogens is 2. The first-order valence-corrected chi connectivity index (χ1v) is 14.4. The number of aryl methyl sites for hydroxylation is 1. The summed E-state index contributed by atoms with van der Waals surface area (Å²) in [6.45, 7) is -0.321. The minimum atomic E-state index is -4.72. The second kappa shape index (κ2) is 11.9. The number of ether oxygens (including phenoxy) is 3. The molecule has 1 saturated carbocycles. The molecule has 4 aromatic rings. The van der Waals surface area contributed by atoms with E-state index in [1.165, 1.54) is 26.5 Å². The molecule has 11 nitrogen and oxygen atoms in total. The molecule has 5 rings (SSSR count). The van der Waals surface area contributed by atoms with E-state index < -0.39 is 44.5 Å². The van der Waals surface area contributed by atoms with Gasteiger partial charge >= 0.3 is 0 Å². The van der Waals surface area contributed by atoms with Gasteiger partial charge in [-0.1, -0.05) is 0 Å². The lowest BCUT2D eigenvalue weighted by Gasteiger charge is -2.25. The van der Waals surface area contributed by atoms with Crippen LogP contribution in [0.3, 0.4) is 0 Å². The van der Waals surface area contributed by atoms with Crippen molar-refractivity contribution in [2.75, 3.05) is 18.5 Å². The van der Waals surface area contributed by atoms with Crippen molar-refractivity contribution in [2.45, 2.75) is 42.4 Å². The molecular weight excluding hydrogens is 572 g/mol. The summed E-state index contributed by atoms with van der Waals surface area (Å²) in [4.78, 5) is 6.96. The second-order valence-electron chi connectivity index (χ2n) is 9.74. The van der Waals surface area contributed by atoms with Gasteiger partial charge in [0, 0.05) is 67.3 Å². The smallest absolute Gasteiger partial charge is 0.268 e. The third-order valence-corrected chi connectivity index (χ3v) is 8.95. The average molecular weight is 602 g/mol. The molecule has 0 aliphatic heterocycles. The van der Waals surface area contributed by atoms with Crippen molar-refractivity contribution in [3.05, 3.63) is 84.1 Å². The molecule has 42 heavy (non-hydrogen) atoms. The van der Waals surface area contributed by atoms with E-state index in [9.17, 15) is 13.5 Å². The van der Waals surface area contributed by atoms with Crippen molar-refractivity contribution >= 4 is 15.8 Å². The number of hydrogen-bond acceptors (Lipinski definition) is 9. The normalized spacial score (nSPS) is 18.6. The first-order valence-electron chi connectivity index (χ1n) is 12.9. The summed E-state index contributed by atoms with van der Waals surface area (Å²) in [6, 6.07) is 9.20. The highest BCUT2D eigenvalue weighted by atomic mass is 32.2. The molecule has 0 spiro atoms. The summed E-state index contributed by atoms with van der Waals surface area (Å²) < 4.78 is 77.7. The number of aromatic nitrogens is 4. The highest BCUT2D eigenvalue weighted by Crippen LogP contribution is 2.39. The summed E-state index contributed by atoms with van der Waals surface area (Å²) in [5.41, 5.74) is 1.19. The van der Waals surface area contributed by atoms with Gasteiger partial charge in [0.25, 0.3) is 10.0 Å². The maximum atomic E-state index is 15.6. The van der Waals surface area contributed by atoms with Gasteiger partial charge in [0.15, 0.2) is 11.6 Å². The van der Waals surface area contributed by atoms with Crippen LogP contribution in [0.25, 0.3) is 0 Å². The van der Waals surface area contributed by atoms with Gasteiger partial charge in [-0.3, -0.25) is 4.68 Å². The molecule has 0 unspecified atom stereocenters. The van der Waals surface area contributed by atoms with Gasteiger partial charge in [0.2, 0.25) is 0 Å². The van der Waals surface area contributed by atoms with Crippen molar-refractivity contribution in [1.29, 1.82) is 0 Å². The maximum absolute atomic E-state index is 15.6. The third kappa shape index (κ3) is 5.72. The lowest BCUT2D eigenvalue weighted by Crippen LogP contribution is -2.32. The van der Waals surface area contributed by atoms with Crippen LogP contribution in [-0.4, -0.2) is 59.7 Å². The van der Waals surface area contributed by atoms with E-state index in [-0.39, 0.29) is 24.7 Å². The Labute approximate surface area is 241 Å². The molecule has 3 atom stereocenters. The Morgan fingerprint density at radius 2 is 1.83 bits per heavy atom. The Bertz CT molecular complexity index is 1670. The van der Waals surface area contributed by atoms with Crippen LogP contribution in [0.4, 0.5) is 14.6 Å². The summed E-state index contributed by atoms with van der Waals surface area (Å²) in [5.74, 6) is -2.36. The fourth-order valence-corrected chi connectivity index (χ4v) is 6.56. The number of hydrogen-bond donors (Lipinski definition) is 1. The van der Waals surface area contributed by atoms with Crippen LogP contribution in [-0.2, 0) is 23.6 Å². The molecule has 0 bridgehead atoms. The number of sulfonamides is 1. The largest absolute Gasteiger partial charge is 0.497 e. The predicted octanol–water partition coefficient (Wildman–Crippen LogP) is 3.59. The lowest BCUT2D eigenvalue weighted by atomic mass is 10.0. The van der Waals surface area contributed by atoms with E-state index in [2.05, 4.69) is 15.1 Å². The quantitative estimate of drug-likeness (QED) is 0.290. The predicted molar refractivity (Wildman–Crippen MR) is 147 cm³/mol. The number of anilines is 1. The number of methoxy groups -OCH3 is 2. The Morgan fingerprint density at radius 3 is 2.50 bits per heavy atom. The van der Waals surface area contributed by atoms with E-state index in [0.29, 0.717) is 35.6 Å². The number of benzene rings is 2. The maximum Gasteiger partial charge on any atom is 0.268 e. The summed E-state index contributed by atoms with van der Waals surface area (Å²) in [5, 5.41) is 14.4. The number of aliphatic hydroxyl groups is 1. The van der Waals surface area contributed by atoms with Crippen LogP contribution in [0.5, 0.6) is 17.2 Å². The standard InChI is InChI=1S/C28H29F2N5O6S/c1-34-23(6-9-33-34)20-10-18(36)11-25(20)41-26-13-22(30)27(14-21(26)29)42(37,38)35(28-7-8-31-16-32-28)15-17-4-5-19(39-2)12-24(17)40-3/h4-9,12-14,16,18,20,25,36H,10-11,15H2,1-3H3/t18-,20-,25+/m1/s1. The first kappa shape index (κ1) is 29.2. The molecule has 2 heterocycles. The lowest BCUT2D eigenvalue weighted by molar-refractivity contribution is 0.143. The molecule has 2 aromatic carbocycles. The van der Waals surface area contributed by atoms with Crippen molar-refractivity contribution < 1.29 is 36.5 Å². The molecule has 1 fully saturated rings. The van der Waals surface area contributed by atoms with Gasteiger partial charge < -0.3 is 19.3 Å². The van der Waals surface area contributed by atoms with Gasteiger partial charge in [-0.15, -0.1) is 0 Å². The molecule has 0 saturated heterocycles. The van der Waals surface area contributed by atoms with Crippen molar-refractivity contribution in [3.8, 4) is 17.2 Å². The summed E-state index contributed by atoms with van der Waals surface area (Å²) in [6.07, 6.45) is 3.21.